The van der Waals surface area contributed by atoms with Crippen molar-refractivity contribution < 1.29 is 9.53 Å². The van der Waals surface area contributed by atoms with Gasteiger partial charge in [-0.25, -0.2) is 0 Å². The molecule has 0 saturated carbocycles. The van der Waals surface area contributed by atoms with Gasteiger partial charge in [-0.05, 0) is 50.0 Å². The SMILES string of the molecule is CNCC1CCN(C(=O)c2cnn(Cc3ccc(OC)cc3)c2)CC1. The first-order chi connectivity index (χ1) is 12.2. The fourth-order valence-corrected chi connectivity index (χ4v) is 3.29. The standard InChI is InChI=1S/C19H26N4O2/c1-20-11-15-7-9-22(10-8-15)19(24)17-12-21-23(14-17)13-16-3-5-18(25-2)6-4-16/h3-6,12,14-15,20H,7-11,13H2,1-2H3. The zero-order chi connectivity index (χ0) is 17.6. The maximum atomic E-state index is 12.7. The van der Waals surface area contributed by atoms with Gasteiger partial charge in [0.25, 0.3) is 5.91 Å². The quantitative estimate of drug-likeness (QED) is 0.872. The van der Waals surface area contributed by atoms with Crippen LogP contribution in [0, 0.1) is 5.92 Å². The van der Waals surface area contributed by atoms with E-state index in [1.807, 2.05) is 47.1 Å². The summed E-state index contributed by atoms with van der Waals surface area (Å²) in [5.41, 5.74) is 1.79. The molecule has 134 valence electrons. The normalized spacial score (nSPS) is 15.4. The minimum atomic E-state index is 0.0869. The Morgan fingerprint density at radius 1 is 1.28 bits per heavy atom. The molecule has 1 aromatic heterocycles. The van der Waals surface area contributed by atoms with Crippen LogP contribution in [0.5, 0.6) is 5.75 Å². The fraction of sp³-hybridized carbons (Fsp3) is 0.474. The Bertz CT molecular complexity index is 688. The van der Waals surface area contributed by atoms with Crippen molar-refractivity contribution in [2.24, 2.45) is 5.92 Å². The van der Waals surface area contributed by atoms with Crippen LogP contribution in [-0.4, -0.2) is 54.4 Å². The molecule has 0 radical (unpaired) electrons. The first kappa shape index (κ1) is 17.5. The number of nitrogens with zero attached hydrogens (tertiary/aromatic N) is 3. The van der Waals surface area contributed by atoms with Gasteiger partial charge in [-0.1, -0.05) is 12.1 Å². The summed E-state index contributed by atoms with van der Waals surface area (Å²) in [7, 11) is 3.64. The van der Waals surface area contributed by atoms with Gasteiger partial charge in [-0.2, -0.15) is 5.10 Å². The first-order valence-electron chi connectivity index (χ1n) is 8.79. The summed E-state index contributed by atoms with van der Waals surface area (Å²) >= 11 is 0. The van der Waals surface area contributed by atoms with Gasteiger partial charge in [0.05, 0.1) is 25.4 Å². The predicted molar refractivity (Wildman–Crippen MR) is 96.9 cm³/mol. The van der Waals surface area contributed by atoms with Crippen molar-refractivity contribution in [2.75, 3.05) is 33.8 Å². The van der Waals surface area contributed by atoms with E-state index in [0.29, 0.717) is 18.0 Å². The molecular weight excluding hydrogens is 316 g/mol. The average Bonchev–Trinajstić information content (AvgIpc) is 3.11. The van der Waals surface area contributed by atoms with Crippen LogP contribution in [0.15, 0.2) is 36.7 Å². The lowest BCUT2D eigenvalue weighted by molar-refractivity contribution is 0.0691. The molecule has 1 saturated heterocycles. The number of carbonyl (C=O) groups excluding carboxylic acids is 1. The third kappa shape index (κ3) is 4.39. The topological polar surface area (TPSA) is 59.4 Å². The van der Waals surface area contributed by atoms with E-state index >= 15 is 0 Å². The van der Waals surface area contributed by atoms with Crippen LogP contribution in [0.2, 0.25) is 0 Å². The largest absolute Gasteiger partial charge is 0.497 e. The van der Waals surface area contributed by atoms with Crippen LogP contribution < -0.4 is 10.1 Å². The van der Waals surface area contributed by atoms with Crippen LogP contribution in [-0.2, 0) is 6.54 Å². The number of benzene rings is 1. The second-order valence-corrected chi connectivity index (χ2v) is 6.57. The fourth-order valence-electron chi connectivity index (χ4n) is 3.29. The molecule has 2 aromatic rings. The molecule has 0 bridgehead atoms. The molecule has 1 N–H and O–H groups in total. The molecule has 0 unspecified atom stereocenters. The number of aromatic nitrogens is 2. The second-order valence-electron chi connectivity index (χ2n) is 6.57. The number of piperidine rings is 1. The van der Waals surface area contributed by atoms with Gasteiger partial charge in [-0.3, -0.25) is 9.48 Å². The lowest BCUT2D eigenvalue weighted by atomic mass is 9.96. The number of amides is 1. The lowest BCUT2D eigenvalue weighted by Crippen LogP contribution is -2.40. The molecule has 6 heteroatoms. The summed E-state index contributed by atoms with van der Waals surface area (Å²) in [6.07, 6.45) is 5.64. The minimum Gasteiger partial charge on any atom is -0.497 e. The number of carbonyl (C=O) groups is 1. The molecule has 0 spiro atoms. The van der Waals surface area contributed by atoms with Crippen molar-refractivity contribution in [3.8, 4) is 5.75 Å². The molecule has 2 heterocycles. The average molecular weight is 342 g/mol. The van der Waals surface area contributed by atoms with Crippen molar-refractivity contribution in [2.45, 2.75) is 19.4 Å². The van der Waals surface area contributed by atoms with Gasteiger partial charge < -0.3 is 15.0 Å². The van der Waals surface area contributed by atoms with E-state index in [-0.39, 0.29) is 5.91 Å². The van der Waals surface area contributed by atoms with E-state index < -0.39 is 0 Å². The van der Waals surface area contributed by atoms with Crippen molar-refractivity contribution in [3.63, 3.8) is 0 Å². The van der Waals surface area contributed by atoms with E-state index in [9.17, 15) is 4.79 Å². The van der Waals surface area contributed by atoms with E-state index in [2.05, 4.69) is 10.4 Å². The molecule has 1 aromatic carbocycles. The summed E-state index contributed by atoms with van der Waals surface area (Å²) in [4.78, 5) is 14.6. The van der Waals surface area contributed by atoms with Crippen molar-refractivity contribution in [1.82, 2.24) is 20.0 Å². The molecule has 1 fully saturated rings. The lowest BCUT2D eigenvalue weighted by Gasteiger charge is -2.31. The molecule has 1 aliphatic rings. The zero-order valence-electron chi connectivity index (χ0n) is 14.9. The Balaban J connectivity index is 1.58. The highest BCUT2D eigenvalue weighted by atomic mass is 16.5. The van der Waals surface area contributed by atoms with E-state index in [1.165, 1.54) is 0 Å². The van der Waals surface area contributed by atoms with Gasteiger partial charge >= 0.3 is 0 Å². The Morgan fingerprint density at radius 3 is 2.64 bits per heavy atom. The molecule has 3 rings (SSSR count). The molecule has 6 nitrogen and oxygen atoms in total. The monoisotopic (exact) mass is 342 g/mol. The number of methoxy groups -OCH3 is 1. The molecular formula is C19H26N4O2. The number of rotatable bonds is 6. The summed E-state index contributed by atoms with van der Waals surface area (Å²) in [5, 5.41) is 7.56. The summed E-state index contributed by atoms with van der Waals surface area (Å²) < 4.78 is 6.98. The van der Waals surface area contributed by atoms with E-state index in [1.54, 1.807) is 13.3 Å². The van der Waals surface area contributed by atoms with Crippen LogP contribution in [0.4, 0.5) is 0 Å². The van der Waals surface area contributed by atoms with Crippen LogP contribution in [0.1, 0.15) is 28.8 Å². The third-order valence-electron chi connectivity index (χ3n) is 4.78. The van der Waals surface area contributed by atoms with E-state index in [0.717, 1.165) is 43.8 Å². The highest BCUT2D eigenvalue weighted by molar-refractivity contribution is 5.93. The Morgan fingerprint density at radius 2 is 2.00 bits per heavy atom. The molecule has 1 amide bonds. The van der Waals surface area contributed by atoms with Gasteiger partial charge in [0, 0.05) is 19.3 Å². The minimum absolute atomic E-state index is 0.0869. The maximum absolute atomic E-state index is 12.7. The summed E-state index contributed by atoms with van der Waals surface area (Å²) in [6, 6.07) is 7.88. The molecule has 25 heavy (non-hydrogen) atoms. The van der Waals surface area contributed by atoms with Gasteiger partial charge in [0.15, 0.2) is 0 Å². The third-order valence-corrected chi connectivity index (χ3v) is 4.78. The number of ether oxygens (including phenoxy) is 1. The van der Waals surface area contributed by atoms with Gasteiger partial charge in [-0.15, -0.1) is 0 Å². The summed E-state index contributed by atoms with van der Waals surface area (Å²) in [6.45, 7) is 3.33. The second kappa shape index (κ2) is 8.16. The Kier molecular flexibility index (Phi) is 5.71. The maximum Gasteiger partial charge on any atom is 0.257 e. The van der Waals surface area contributed by atoms with Crippen LogP contribution >= 0.6 is 0 Å². The number of nitrogens with one attached hydrogen (secondary N) is 1. The summed E-state index contributed by atoms with van der Waals surface area (Å²) in [5.74, 6) is 1.59. The molecule has 0 aliphatic carbocycles. The van der Waals surface area contributed by atoms with E-state index in [4.69, 9.17) is 4.74 Å². The first-order valence-corrected chi connectivity index (χ1v) is 8.79. The smallest absolute Gasteiger partial charge is 0.257 e. The Hall–Kier alpha value is -2.34. The van der Waals surface area contributed by atoms with Gasteiger partial charge in [0.2, 0.25) is 0 Å². The number of hydrogen-bond donors (Lipinski definition) is 1. The van der Waals surface area contributed by atoms with Gasteiger partial charge in [0.1, 0.15) is 5.75 Å². The highest BCUT2D eigenvalue weighted by Gasteiger charge is 2.24. The Labute approximate surface area is 148 Å². The molecule has 0 atom stereocenters. The highest BCUT2D eigenvalue weighted by Crippen LogP contribution is 2.18. The zero-order valence-corrected chi connectivity index (χ0v) is 14.9. The number of likely N-dealkylation sites (tertiary alicyclic amines) is 1. The predicted octanol–water partition coefficient (Wildman–Crippen LogP) is 2.01. The number of hydrogen-bond acceptors (Lipinski definition) is 4. The van der Waals surface area contributed by atoms with Crippen molar-refractivity contribution in [3.05, 3.63) is 47.8 Å². The van der Waals surface area contributed by atoms with Crippen molar-refractivity contribution >= 4 is 5.91 Å². The van der Waals surface area contributed by atoms with Crippen LogP contribution in [0.3, 0.4) is 0 Å². The molecule has 1 aliphatic heterocycles. The van der Waals surface area contributed by atoms with Crippen molar-refractivity contribution in [1.29, 1.82) is 0 Å². The van der Waals surface area contributed by atoms with Crippen LogP contribution in [0.25, 0.3) is 0 Å².